The van der Waals surface area contributed by atoms with Crippen LogP contribution in [-0.2, 0) is 0 Å². The summed E-state index contributed by atoms with van der Waals surface area (Å²) < 4.78 is 18.2. The van der Waals surface area contributed by atoms with Gasteiger partial charge >= 0.3 is 9.81 Å². The SMILES string of the molecule is S=c1on(-n2oc(=S)o2)o1. The molecule has 0 amide bonds. The van der Waals surface area contributed by atoms with Crippen LogP contribution in [-0.4, -0.2) is 10.0 Å². The predicted molar refractivity (Wildman–Crippen MR) is 30.4 cm³/mol. The molecule has 0 unspecified atom stereocenters. The Bertz CT molecular complexity index is 348. The summed E-state index contributed by atoms with van der Waals surface area (Å²) in [6, 6.07) is 0. The van der Waals surface area contributed by atoms with Crippen molar-refractivity contribution in [3.63, 3.8) is 0 Å². The number of nitrogens with zero attached hydrogens (tertiary/aromatic N) is 2. The zero-order chi connectivity index (χ0) is 7.14. The first-order valence-corrected chi connectivity index (χ1v) is 2.97. The van der Waals surface area contributed by atoms with E-state index < -0.39 is 0 Å². The number of aromatic nitrogens is 2. The molecule has 6 nitrogen and oxygen atoms in total. The molecule has 0 aliphatic carbocycles. The van der Waals surface area contributed by atoms with E-state index in [-0.39, 0.29) is 9.81 Å². The summed E-state index contributed by atoms with van der Waals surface area (Å²) in [7, 11) is 0. The minimum atomic E-state index is 0.00465. The summed E-state index contributed by atoms with van der Waals surface area (Å²) in [4.78, 5) is 0.00929. The van der Waals surface area contributed by atoms with Gasteiger partial charge in [-0.2, -0.15) is 0 Å². The van der Waals surface area contributed by atoms with Gasteiger partial charge in [-0.05, 0) is 0 Å². The van der Waals surface area contributed by atoms with Gasteiger partial charge in [-0.25, -0.2) is 0 Å². The van der Waals surface area contributed by atoms with Gasteiger partial charge in [0.1, 0.15) is 10.0 Å². The summed E-state index contributed by atoms with van der Waals surface area (Å²) in [5, 5.41) is 1.61. The first-order chi connectivity index (χ1) is 4.75. The molecule has 54 valence electrons. The highest BCUT2D eigenvalue weighted by atomic mass is 32.1. The maximum atomic E-state index is 4.55. The van der Waals surface area contributed by atoms with Crippen molar-refractivity contribution in [1.82, 2.24) is 10.0 Å². The Morgan fingerprint density at radius 1 is 0.800 bits per heavy atom. The molecule has 0 aliphatic rings. The van der Waals surface area contributed by atoms with Crippen LogP contribution in [0.5, 0.6) is 0 Å². The van der Waals surface area contributed by atoms with Crippen LogP contribution in [0, 0.1) is 9.81 Å². The van der Waals surface area contributed by atoms with Gasteiger partial charge in [-0.1, -0.05) is 0 Å². The maximum Gasteiger partial charge on any atom is 0.413 e. The van der Waals surface area contributed by atoms with E-state index in [1.165, 1.54) is 0 Å². The lowest BCUT2D eigenvalue weighted by Crippen LogP contribution is -2.14. The smallest absolute Gasteiger partial charge is 0.273 e. The number of hydrogen-bond acceptors (Lipinski definition) is 6. The fourth-order valence-corrected chi connectivity index (χ4v) is 0.657. The van der Waals surface area contributed by atoms with Crippen molar-refractivity contribution >= 4 is 24.4 Å². The number of hydrogen-bond donors (Lipinski definition) is 0. The van der Waals surface area contributed by atoms with E-state index in [0.29, 0.717) is 0 Å². The fraction of sp³-hybridized carbons (Fsp3) is 0. The molecule has 2 heterocycles. The van der Waals surface area contributed by atoms with Crippen LogP contribution in [0.1, 0.15) is 0 Å². The quantitative estimate of drug-likeness (QED) is 0.618. The molecule has 0 aliphatic heterocycles. The van der Waals surface area contributed by atoms with Crippen LogP contribution >= 0.6 is 24.4 Å². The molecule has 0 fully saturated rings. The molecule has 0 saturated heterocycles. The van der Waals surface area contributed by atoms with E-state index in [0.717, 1.165) is 10.0 Å². The highest BCUT2D eigenvalue weighted by Crippen LogP contribution is 2.02. The van der Waals surface area contributed by atoms with Crippen LogP contribution in [0.4, 0.5) is 0 Å². The molecular formula is C2N2O4S2. The van der Waals surface area contributed by atoms with Gasteiger partial charge in [0.2, 0.25) is 0 Å². The Morgan fingerprint density at radius 3 is 1.30 bits per heavy atom. The van der Waals surface area contributed by atoms with Crippen molar-refractivity contribution < 1.29 is 18.1 Å². The second-order valence-electron chi connectivity index (χ2n) is 1.34. The predicted octanol–water partition coefficient (Wildman–Crippen LogP) is 1.43. The zero-order valence-corrected chi connectivity index (χ0v) is 5.98. The summed E-state index contributed by atoms with van der Waals surface area (Å²) >= 11 is 8.85. The van der Waals surface area contributed by atoms with Gasteiger partial charge in [0.25, 0.3) is 0 Å². The zero-order valence-electron chi connectivity index (χ0n) is 4.34. The van der Waals surface area contributed by atoms with E-state index in [4.69, 9.17) is 0 Å². The molecule has 10 heavy (non-hydrogen) atoms. The maximum absolute atomic E-state index is 4.55. The van der Waals surface area contributed by atoms with Gasteiger partial charge in [-0.3, -0.25) is 18.1 Å². The summed E-state index contributed by atoms with van der Waals surface area (Å²) in [6.45, 7) is 0. The molecule has 0 bridgehead atoms. The Balaban J connectivity index is 2.38. The average Bonchev–Trinajstić information content (AvgIpc) is 1.74. The van der Waals surface area contributed by atoms with Gasteiger partial charge in [0, 0.05) is 24.4 Å². The molecule has 0 N–H and O–H groups in total. The highest BCUT2D eigenvalue weighted by molar-refractivity contribution is 7.71. The molecule has 0 spiro atoms. The standard InChI is InChI=1S/C2N2O4S2/c9-1-5-3(6-1)4-7-2(10)8-4. The van der Waals surface area contributed by atoms with Crippen molar-refractivity contribution in [2.45, 2.75) is 0 Å². The monoisotopic (exact) mass is 180 g/mol. The minimum absolute atomic E-state index is 0.00465. The van der Waals surface area contributed by atoms with E-state index in [1.807, 2.05) is 0 Å². The topological polar surface area (TPSA) is 62.4 Å². The molecule has 2 rings (SSSR count). The van der Waals surface area contributed by atoms with E-state index >= 15 is 0 Å². The molecule has 0 aromatic carbocycles. The van der Waals surface area contributed by atoms with E-state index in [2.05, 4.69) is 42.5 Å². The minimum Gasteiger partial charge on any atom is -0.273 e. The summed E-state index contributed by atoms with van der Waals surface area (Å²) in [6.07, 6.45) is 0. The Hall–Kier alpha value is -1.02. The third-order valence-electron chi connectivity index (χ3n) is 0.744. The lowest BCUT2D eigenvalue weighted by Gasteiger charge is -2.03. The normalized spacial score (nSPS) is 10.8. The van der Waals surface area contributed by atoms with Crippen molar-refractivity contribution in [2.24, 2.45) is 0 Å². The Kier molecular flexibility index (Phi) is 0.995. The van der Waals surface area contributed by atoms with Gasteiger partial charge < -0.3 is 0 Å². The second-order valence-corrected chi connectivity index (χ2v) is 2.01. The van der Waals surface area contributed by atoms with Crippen molar-refractivity contribution in [3.8, 4) is 0 Å². The Morgan fingerprint density at radius 2 is 1.10 bits per heavy atom. The first-order valence-electron chi connectivity index (χ1n) is 2.16. The molecular weight excluding hydrogens is 180 g/mol. The van der Waals surface area contributed by atoms with Crippen molar-refractivity contribution in [2.75, 3.05) is 0 Å². The van der Waals surface area contributed by atoms with Crippen LogP contribution in [0.25, 0.3) is 0 Å². The molecule has 0 radical (unpaired) electrons. The van der Waals surface area contributed by atoms with Crippen LogP contribution < -0.4 is 0 Å². The molecule has 0 saturated carbocycles. The number of rotatable bonds is 1. The molecule has 2 aromatic rings. The first kappa shape index (κ1) is 5.74. The molecule has 2 aromatic heterocycles. The lowest BCUT2D eigenvalue weighted by molar-refractivity contribution is -0.236. The van der Waals surface area contributed by atoms with Gasteiger partial charge in [-0.15, -0.1) is 0 Å². The highest BCUT2D eigenvalue weighted by Gasteiger charge is 2.08. The molecule has 8 heteroatoms. The van der Waals surface area contributed by atoms with Crippen LogP contribution in [0.15, 0.2) is 18.1 Å². The van der Waals surface area contributed by atoms with Crippen molar-refractivity contribution in [3.05, 3.63) is 9.81 Å². The van der Waals surface area contributed by atoms with E-state index in [1.54, 1.807) is 0 Å². The third-order valence-corrected chi connectivity index (χ3v) is 1.04. The molecule has 0 atom stereocenters. The lowest BCUT2D eigenvalue weighted by atomic mass is 11.6. The summed E-state index contributed by atoms with van der Waals surface area (Å²) in [5.74, 6) is 0. The summed E-state index contributed by atoms with van der Waals surface area (Å²) in [5.41, 5.74) is 0. The fourth-order valence-electron chi connectivity index (χ4n) is 0.402. The van der Waals surface area contributed by atoms with E-state index in [9.17, 15) is 0 Å². The van der Waals surface area contributed by atoms with Crippen LogP contribution in [0.3, 0.4) is 0 Å². The van der Waals surface area contributed by atoms with Gasteiger partial charge in [0.15, 0.2) is 0 Å². The second kappa shape index (κ2) is 1.73. The van der Waals surface area contributed by atoms with Gasteiger partial charge in [0.05, 0.1) is 0 Å². The van der Waals surface area contributed by atoms with Crippen molar-refractivity contribution in [1.29, 1.82) is 0 Å². The Labute approximate surface area is 63.0 Å². The third kappa shape index (κ3) is 0.693. The largest absolute Gasteiger partial charge is 0.413 e. The average molecular weight is 180 g/mol. The van der Waals surface area contributed by atoms with Crippen LogP contribution in [0.2, 0.25) is 0 Å².